The molecule has 2 fully saturated rings. The van der Waals surface area contributed by atoms with Crippen LogP contribution in [0.3, 0.4) is 0 Å². The molecule has 1 aliphatic heterocycles. The highest BCUT2D eigenvalue weighted by Gasteiger charge is 2.46. The number of anilines is 1. The van der Waals surface area contributed by atoms with Crippen LogP contribution in [0.4, 0.5) is 11.6 Å². The maximum atomic E-state index is 10.7. The molecule has 1 saturated carbocycles. The van der Waals surface area contributed by atoms with Gasteiger partial charge in [0.05, 0.1) is 22.7 Å². The molecule has 2 heterocycles. The van der Waals surface area contributed by atoms with Crippen LogP contribution in [0.15, 0.2) is 12.4 Å². The second kappa shape index (κ2) is 4.91. The largest absolute Gasteiger partial charge is 0.365 e. The minimum absolute atomic E-state index is 0.0816. The van der Waals surface area contributed by atoms with Gasteiger partial charge in [0, 0.05) is 6.54 Å². The monoisotopic (exact) mass is 292 g/mol. The molecule has 1 aromatic rings. The normalized spacial score (nSPS) is 23.4. The summed E-state index contributed by atoms with van der Waals surface area (Å²) in [6.45, 7) is 5.59. The van der Waals surface area contributed by atoms with Crippen molar-refractivity contribution in [1.29, 1.82) is 0 Å². The van der Waals surface area contributed by atoms with Crippen molar-refractivity contribution in [3.05, 3.63) is 22.5 Å². The van der Waals surface area contributed by atoms with E-state index >= 15 is 0 Å². The van der Waals surface area contributed by atoms with Gasteiger partial charge in [-0.15, -0.1) is 0 Å². The Morgan fingerprint density at radius 1 is 1.24 bits per heavy atom. The summed E-state index contributed by atoms with van der Waals surface area (Å²) in [5.41, 5.74) is -0.470. The summed E-state index contributed by atoms with van der Waals surface area (Å²) in [6.07, 6.45) is 7.02. The first-order chi connectivity index (χ1) is 9.89. The van der Waals surface area contributed by atoms with Gasteiger partial charge in [-0.2, -0.15) is 0 Å². The zero-order valence-electron chi connectivity index (χ0n) is 12.4. The molecule has 114 valence electrons. The number of aromatic nitrogens is 2. The van der Waals surface area contributed by atoms with Gasteiger partial charge in [0.2, 0.25) is 5.95 Å². The molecule has 0 radical (unpaired) electrons. The molecule has 3 rings (SSSR count). The predicted molar refractivity (Wildman–Crippen MR) is 77.3 cm³/mol. The molecule has 1 spiro atoms. The third kappa shape index (κ3) is 2.83. The predicted octanol–water partition coefficient (Wildman–Crippen LogP) is 2.31. The Morgan fingerprint density at radius 2 is 1.86 bits per heavy atom. The second-order valence-electron chi connectivity index (χ2n) is 6.61. The molecule has 0 aromatic carbocycles. The zero-order valence-corrected chi connectivity index (χ0v) is 12.4. The molecule has 0 unspecified atom stereocenters. The highest BCUT2D eigenvalue weighted by molar-refractivity contribution is 5.36. The van der Waals surface area contributed by atoms with E-state index in [2.05, 4.69) is 28.7 Å². The highest BCUT2D eigenvalue weighted by Crippen LogP contribution is 2.41. The Labute approximate surface area is 123 Å². The van der Waals surface area contributed by atoms with Crippen molar-refractivity contribution in [2.75, 3.05) is 18.0 Å². The standard InChI is InChI=1S/C14H20N4O3/c1-13(2)9-17(10-14(21-13)5-3-4-6-14)12-15-7-11(8-16-12)18(19)20/h7-8H,3-6,9-10H2,1-2H3. The molecular weight excluding hydrogens is 272 g/mol. The number of morpholine rings is 1. The van der Waals surface area contributed by atoms with E-state index < -0.39 is 4.92 Å². The van der Waals surface area contributed by atoms with Crippen LogP contribution in [0.5, 0.6) is 0 Å². The van der Waals surface area contributed by atoms with E-state index in [1.54, 1.807) is 0 Å². The Hall–Kier alpha value is -1.76. The van der Waals surface area contributed by atoms with Gasteiger partial charge in [0.15, 0.2) is 0 Å². The lowest BCUT2D eigenvalue weighted by Gasteiger charge is -2.48. The van der Waals surface area contributed by atoms with Gasteiger partial charge in [0.1, 0.15) is 12.4 Å². The van der Waals surface area contributed by atoms with Crippen molar-refractivity contribution in [2.45, 2.75) is 50.7 Å². The Morgan fingerprint density at radius 3 is 2.43 bits per heavy atom. The molecule has 2 aliphatic rings. The van der Waals surface area contributed by atoms with Crippen LogP contribution < -0.4 is 4.90 Å². The fourth-order valence-corrected chi connectivity index (χ4v) is 3.51. The molecule has 7 heteroatoms. The second-order valence-corrected chi connectivity index (χ2v) is 6.61. The third-order valence-corrected chi connectivity index (χ3v) is 4.18. The zero-order chi connectivity index (χ0) is 15.1. The minimum Gasteiger partial charge on any atom is -0.365 e. The average molecular weight is 292 g/mol. The van der Waals surface area contributed by atoms with E-state index in [1.165, 1.54) is 25.2 Å². The molecule has 7 nitrogen and oxygen atoms in total. The smallest absolute Gasteiger partial charge is 0.305 e. The van der Waals surface area contributed by atoms with Gasteiger partial charge < -0.3 is 9.64 Å². The van der Waals surface area contributed by atoms with E-state index in [1.807, 2.05) is 0 Å². The number of nitro groups is 1. The summed E-state index contributed by atoms with van der Waals surface area (Å²) in [6, 6.07) is 0. The first-order valence-electron chi connectivity index (χ1n) is 7.31. The van der Waals surface area contributed by atoms with E-state index in [4.69, 9.17) is 4.74 Å². The molecule has 1 saturated heterocycles. The SMILES string of the molecule is CC1(C)CN(c2ncc([N+](=O)[O-])cn2)CC2(CCCC2)O1. The van der Waals surface area contributed by atoms with Gasteiger partial charge in [-0.3, -0.25) is 10.1 Å². The van der Waals surface area contributed by atoms with Crippen LogP contribution in [0.2, 0.25) is 0 Å². The first-order valence-corrected chi connectivity index (χ1v) is 7.31. The molecule has 0 amide bonds. The van der Waals surface area contributed by atoms with Crippen molar-refractivity contribution in [2.24, 2.45) is 0 Å². The van der Waals surface area contributed by atoms with Gasteiger partial charge in [-0.1, -0.05) is 12.8 Å². The Kier molecular flexibility index (Phi) is 3.32. The van der Waals surface area contributed by atoms with Crippen LogP contribution in [0.25, 0.3) is 0 Å². The van der Waals surface area contributed by atoms with Crippen molar-refractivity contribution in [3.8, 4) is 0 Å². The molecule has 0 atom stereocenters. The third-order valence-electron chi connectivity index (χ3n) is 4.18. The number of nitrogens with zero attached hydrogens (tertiary/aromatic N) is 4. The van der Waals surface area contributed by atoms with Crippen LogP contribution in [0, 0.1) is 10.1 Å². The number of rotatable bonds is 2. The minimum atomic E-state index is -0.481. The van der Waals surface area contributed by atoms with Crippen molar-refractivity contribution >= 4 is 11.6 Å². The molecular formula is C14H20N4O3. The maximum Gasteiger partial charge on any atom is 0.305 e. The number of ether oxygens (including phenoxy) is 1. The summed E-state index contributed by atoms with van der Waals surface area (Å²) < 4.78 is 6.33. The highest BCUT2D eigenvalue weighted by atomic mass is 16.6. The topological polar surface area (TPSA) is 81.4 Å². The molecule has 1 aromatic heterocycles. The van der Waals surface area contributed by atoms with E-state index in [0.717, 1.165) is 19.4 Å². The Bertz CT molecular complexity index is 538. The van der Waals surface area contributed by atoms with Gasteiger partial charge in [-0.05, 0) is 26.7 Å². The molecule has 21 heavy (non-hydrogen) atoms. The fourth-order valence-electron chi connectivity index (χ4n) is 3.51. The fraction of sp³-hybridized carbons (Fsp3) is 0.714. The van der Waals surface area contributed by atoms with Crippen LogP contribution in [0.1, 0.15) is 39.5 Å². The summed E-state index contributed by atoms with van der Waals surface area (Å²) in [7, 11) is 0. The number of hydrogen-bond acceptors (Lipinski definition) is 6. The molecule has 1 aliphatic carbocycles. The van der Waals surface area contributed by atoms with Crippen molar-refractivity contribution in [1.82, 2.24) is 9.97 Å². The average Bonchev–Trinajstić information content (AvgIpc) is 2.84. The summed E-state index contributed by atoms with van der Waals surface area (Å²) in [5, 5.41) is 10.7. The lowest BCUT2D eigenvalue weighted by Crippen LogP contribution is -2.59. The molecule has 0 N–H and O–H groups in total. The van der Waals surface area contributed by atoms with Crippen molar-refractivity contribution < 1.29 is 9.66 Å². The van der Waals surface area contributed by atoms with Crippen LogP contribution in [-0.4, -0.2) is 39.2 Å². The lowest BCUT2D eigenvalue weighted by molar-refractivity contribution is -0.385. The summed E-state index contributed by atoms with van der Waals surface area (Å²) >= 11 is 0. The summed E-state index contributed by atoms with van der Waals surface area (Å²) in [5.74, 6) is 0.545. The molecule has 0 bridgehead atoms. The van der Waals surface area contributed by atoms with Crippen molar-refractivity contribution in [3.63, 3.8) is 0 Å². The van der Waals surface area contributed by atoms with Gasteiger partial charge >= 0.3 is 5.69 Å². The summed E-state index contributed by atoms with van der Waals surface area (Å²) in [4.78, 5) is 20.6. The quantitative estimate of drug-likeness (QED) is 0.614. The van der Waals surface area contributed by atoms with E-state index in [0.29, 0.717) is 12.5 Å². The van der Waals surface area contributed by atoms with E-state index in [9.17, 15) is 10.1 Å². The number of hydrogen-bond donors (Lipinski definition) is 0. The van der Waals surface area contributed by atoms with Crippen LogP contribution >= 0.6 is 0 Å². The van der Waals surface area contributed by atoms with Gasteiger partial charge in [-0.25, -0.2) is 9.97 Å². The van der Waals surface area contributed by atoms with Gasteiger partial charge in [0.25, 0.3) is 0 Å². The van der Waals surface area contributed by atoms with Crippen LogP contribution in [-0.2, 0) is 4.74 Å². The first kappa shape index (κ1) is 14.2. The maximum absolute atomic E-state index is 10.7. The lowest BCUT2D eigenvalue weighted by atomic mass is 9.94. The Balaban J connectivity index is 1.85. The van der Waals surface area contributed by atoms with E-state index in [-0.39, 0.29) is 16.9 Å².